The zero-order valence-electron chi connectivity index (χ0n) is 15.7. The van der Waals surface area contributed by atoms with Gasteiger partial charge in [-0.05, 0) is 79.5 Å². The lowest BCUT2D eigenvalue weighted by molar-refractivity contribution is 0.573. The van der Waals surface area contributed by atoms with E-state index >= 15 is 0 Å². The van der Waals surface area contributed by atoms with Crippen molar-refractivity contribution >= 4 is 41.4 Å². The van der Waals surface area contributed by atoms with Gasteiger partial charge in [0.1, 0.15) is 5.82 Å². The van der Waals surface area contributed by atoms with Crippen LogP contribution in [0.4, 0.5) is 11.5 Å². The molecule has 0 amide bonds. The van der Waals surface area contributed by atoms with Crippen molar-refractivity contribution in [2.24, 2.45) is 10.7 Å². The lowest BCUT2D eigenvalue weighted by Crippen LogP contribution is -2.30. The van der Waals surface area contributed by atoms with Gasteiger partial charge in [-0.1, -0.05) is 6.07 Å². The minimum atomic E-state index is 0. The van der Waals surface area contributed by atoms with Crippen LogP contribution in [-0.2, 0) is 19.4 Å². The zero-order chi connectivity index (χ0) is 17.8. The van der Waals surface area contributed by atoms with Gasteiger partial charge in [0.05, 0.1) is 6.54 Å². The van der Waals surface area contributed by atoms with Crippen molar-refractivity contribution in [3.8, 4) is 0 Å². The second kappa shape index (κ2) is 9.39. The number of aromatic nitrogens is 1. The SMILES string of the molecule is I.NC(=NCc1ccnc(N2CCCCC2)c1)Nc1ccc2c(c1)CCC2. The molecule has 5 nitrogen and oxygen atoms in total. The Morgan fingerprint density at radius 2 is 1.85 bits per heavy atom. The summed E-state index contributed by atoms with van der Waals surface area (Å²) in [5, 5.41) is 3.22. The smallest absolute Gasteiger partial charge is 0.193 e. The molecule has 0 bridgehead atoms. The largest absolute Gasteiger partial charge is 0.370 e. The predicted molar refractivity (Wildman–Crippen MR) is 123 cm³/mol. The van der Waals surface area contributed by atoms with E-state index in [-0.39, 0.29) is 24.0 Å². The maximum Gasteiger partial charge on any atom is 0.193 e. The maximum atomic E-state index is 6.09. The normalized spacial score (nSPS) is 16.6. The molecule has 1 saturated heterocycles. The molecule has 1 fully saturated rings. The fraction of sp³-hybridized carbons (Fsp3) is 0.429. The molecule has 1 aliphatic carbocycles. The highest BCUT2D eigenvalue weighted by molar-refractivity contribution is 14.0. The third-order valence-corrected chi connectivity index (χ3v) is 5.29. The lowest BCUT2D eigenvalue weighted by atomic mass is 10.1. The summed E-state index contributed by atoms with van der Waals surface area (Å²) in [4.78, 5) is 11.4. The molecule has 2 aliphatic rings. The van der Waals surface area contributed by atoms with E-state index in [2.05, 4.69) is 44.5 Å². The Balaban J connectivity index is 0.00000210. The molecule has 0 spiro atoms. The molecule has 2 heterocycles. The fourth-order valence-electron chi connectivity index (χ4n) is 3.87. The van der Waals surface area contributed by atoms with E-state index in [0.29, 0.717) is 12.5 Å². The number of benzene rings is 1. The van der Waals surface area contributed by atoms with Crippen molar-refractivity contribution in [2.75, 3.05) is 23.3 Å². The standard InChI is InChI=1S/C21H27N5.HI/c22-21(25-19-8-7-17-5-4-6-18(17)14-19)24-15-16-9-10-23-20(13-16)26-11-2-1-3-12-26;/h7-10,13-14H,1-6,11-12,15H2,(H3,22,24,25);1H. The van der Waals surface area contributed by atoms with Crippen LogP contribution in [0.25, 0.3) is 0 Å². The average Bonchev–Trinajstić information content (AvgIpc) is 3.15. The van der Waals surface area contributed by atoms with E-state index in [9.17, 15) is 0 Å². The summed E-state index contributed by atoms with van der Waals surface area (Å²) in [7, 11) is 0. The number of halogens is 1. The number of nitrogens with one attached hydrogen (secondary N) is 1. The van der Waals surface area contributed by atoms with Gasteiger partial charge in [0.25, 0.3) is 0 Å². The number of hydrogen-bond acceptors (Lipinski definition) is 3. The number of rotatable bonds is 4. The van der Waals surface area contributed by atoms with Crippen LogP contribution in [0.1, 0.15) is 42.4 Å². The highest BCUT2D eigenvalue weighted by Crippen LogP contribution is 2.24. The van der Waals surface area contributed by atoms with Crippen molar-refractivity contribution in [2.45, 2.75) is 45.1 Å². The van der Waals surface area contributed by atoms with Gasteiger partial charge in [0, 0.05) is 25.0 Å². The first-order chi connectivity index (χ1) is 12.8. The number of guanidine groups is 1. The Morgan fingerprint density at radius 3 is 2.70 bits per heavy atom. The highest BCUT2D eigenvalue weighted by Gasteiger charge is 2.12. The van der Waals surface area contributed by atoms with Gasteiger partial charge in [-0.15, -0.1) is 24.0 Å². The number of nitrogens with zero attached hydrogens (tertiary/aromatic N) is 3. The van der Waals surface area contributed by atoms with Crippen LogP contribution < -0.4 is 16.0 Å². The molecule has 0 radical (unpaired) electrons. The number of pyridine rings is 1. The molecule has 144 valence electrons. The van der Waals surface area contributed by atoms with Crippen LogP contribution in [0.15, 0.2) is 41.5 Å². The second-order valence-corrected chi connectivity index (χ2v) is 7.23. The third kappa shape index (κ3) is 5.12. The van der Waals surface area contributed by atoms with Crippen molar-refractivity contribution in [3.05, 3.63) is 53.2 Å². The molecule has 6 heteroatoms. The average molecular weight is 477 g/mol. The molecular formula is C21H28IN5. The first-order valence-electron chi connectivity index (χ1n) is 9.66. The Morgan fingerprint density at radius 1 is 1.04 bits per heavy atom. The monoisotopic (exact) mass is 477 g/mol. The first kappa shape index (κ1) is 19.9. The number of anilines is 2. The first-order valence-corrected chi connectivity index (χ1v) is 9.66. The van der Waals surface area contributed by atoms with Crippen molar-refractivity contribution in [3.63, 3.8) is 0 Å². The second-order valence-electron chi connectivity index (χ2n) is 7.23. The molecule has 1 aromatic heterocycles. The summed E-state index contributed by atoms with van der Waals surface area (Å²) >= 11 is 0. The molecule has 3 N–H and O–H groups in total. The van der Waals surface area contributed by atoms with Crippen molar-refractivity contribution in [1.29, 1.82) is 0 Å². The van der Waals surface area contributed by atoms with E-state index in [1.54, 1.807) is 0 Å². The van der Waals surface area contributed by atoms with Gasteiger partial charge < -0.3 is 16.0 Å². The van der Waals surface area contributed by atoms with Crippen LogP contribution in [0, 0.1) is 0 Å². The van der Waals surface area contributed by atoms with E-state index < -0.39 is 0 Å². The number of hydrogen-bond donors (Lipinski definition) is 2. The molecule has 0 unspecified atom stereocenters. The maximum absolute atomic E-state index is 6.09. The Labute approximate surface area is 178 Å². The number of fused-ring (bicyclic) bond motifs is 1. The molecule has 1 aliphatic heterocycles. The Hall–Kier alpha value is -1.83. The predicted octanol–water partition coefficient (Wildman–Crippen LogP) is 4.11. The number of nitrogens with two attached hydrogens (primary N) is 1. The number of aryl methyl sites for hydroxylation is 2. The van der Waals surface area contributed by atoms with Crippen LogP contribution >= 0.6 is 24.0 Å². The highest BCUT2D eigenvalue weighted by atomic mass is 127. The zero-order valence-corrected chi connectivity index (χ0v) is 18.0. The summed E-state index contributed by atoms with van der Waals surface area (Å²) in [6.45, 7) is 2.76. The van der Waals surface area contributed by atoms with E-state index in [0.717, 1.165) is 36.6 Å². The number of aliphatic imine (C=N–C) groups is 1. The summed E-state index contributed by atoms with van der Waals surface area (Å²) in [5.41, 5.74) is 11.2. The Bertz CT molecular complexity index is 799. The minimum Gasteiger partial charge on any atom is -0.370 e. The molecular weight excluding hydrogens is 449 g/mol. The summed E-state index contributed by atoms with van der Waals surface area (Å²) < 4.78 is 0. The van der Waals surface area contributed by atoms with Crippen LogP contribution in [0.5, 0.6) is 0 Å². The molecule has 0 atom stereocenters. The van der Waals surface area contributed by atoms with E-state index in [1.165, 1.54) is 43.2 Å². The van der Waals surface area contributed by atoms with Gasteiger partial charge in [0.15, 0.2) is 5.96 Å². The van der Waals surface area contributed by atoms with Gasteiger partial charge in [-0.3, -0.25) is 0 Å². The van der Waals surface area contributed by atoms with Crippen LogP contribution in [-0.4, -0.2) is 24.0 Å². The van der Waals surface area contributed by atoms with Gasteiger partial charge >= 0.3 is 0 Å². The van der Waals surface area contributed by atoms with Crippen LogP contribution in [0.2, 0.25) is 0 Å². The van der Waals surface area contributed by atoms with E-state index in [4.69, 9.17) is 5.73 Å². The van der Waals surface area contributed by atoms with Gasteiger partial charge in [-0.25, -0.2) is 9.98 Å². The molecule has 4 rings (SSSR count). The van der Waals surface area contributed by atoms with Crippen molar-refractivity contribution in [1.82, 2.24) is 4.98 Å². The van der Waals surface area contributed by atoms with E-state index in [1.807, 2.05) is 12.3 Å². The summed E-state index contributed by atoms with van der Waals surface area (Å²) in [6.07, 6.45) is 9.32. The quantitative estimate of drug-likeness (QED) is 0.395. The Kier molecular flexibility index (Phi) is 6.93. The van der Waals surface area contributed by atoms with Gasteiger partial charge in [0.2, 0.25) is 0 Å². The van der Waals surface area contributed by atoms with Crippen molar-refractivity contribution < 1.29 is 0 Å². The minimum absolute atomic E-state index is 0. The topological polar surface area (TPSA) is 66.5 Å². The lowest BCUT2D eigenvalue weighted by Gasteiger charge is -2.27. The number of piperidine rings is 1. The molecule has 0 saturated carbocycles. The molecule has 1 aromatic carbocycles. The summed E-state index contributed by atoms with van der Waals surface area (Å²) in [6, 6.07) is 10.6. The molecule has 2 aromatic rings. The fourth-order valence-corrected chi connectivity index (χ4v) is 3.87. The van der Waals surface area contributed by atoms with Crippen LogP contribution in [0.3, 0.4) is 0 Å². The third-order valence-electron chi connectivity index (χ3n) is 5.29. The summed E-state index contributed by atoms with van der Waals surface area (Å²) in [5.74, 6) is 1.52. The van der Waals surface area contributed by atoms with Gasteiger partial charge in [-0.2, -0.15) is 0 Å². The molecule has 27 heavy (non-hydrogen) atoms.